The second-order valence-electron chi connectivity index (χ2n) is 5.53. The quantitative estimate of drug-likeness (QED) is 0.839. The highest BCUT2D eigenvalue weighted by Crippen LogP contribution is 2.46. The average Bonchev–Trinajstić information content (AvgIpc) is 2.74. The Kier molecular flexibility index (Phi) is 2.99. The zero-order chi connectivity index (χ0) is 12.8. The van der Waals surface area contributed by atoms with Crippen molar-refractivity contribution in [1.29, 1.82) is 0 Å². The van der Waals surface area contributed by atoms with Crippen LogP contribution in [0.3, 0.4) is 0 Å². The van der Waals surface area contributed by atoms with Crippen molar-refractivity contribution < 1.29 is 8.42 Å². The van der Waals surface area contributed by atoms with Gasteiger partial charge in [-0.2, -0.15) is 4.31 Å². The maximum absolute atomic E-state index is 12.4. The van der Waals surface area contributed by atoms with Gasteiger partial charge in [0.1, 0.15) is 0 Å². The van der Waals surface area contributed by atoms with E-state index in [2.05, 4.69) is 4.98 Å². The molecule has 100 valence electrons. The van der Waals surface area contributed by atoms with E-state index in [1.807, 2.05) is 6.92 Å². The van der Waals surface area contributed by atoms with Gasteiger partial charge in [0, 0.05) is 13.1 Å². The zero-order valence-electron chi connectivity index (χ0n) is 10.6. The lowest BCUT2D eigenvalue weighted by Gasteiger charge is -2.51. The Morgan fingerprint density at radius 1 is 1.28 bits per heavy atom. The summed E-state index contributed by atoms with van der Waals surface area (Å²) in [4.78, 5) is 4.04. The Hall–Kier alpha value is -0.460. The normalized spacial score (nSPS) is 24.1. The molecule has 1 aromatic heterocycles. The van der Waals surface area contributed by atoms with Crippen LogP contribution in [0, 0.1) is 12.3 Å². The Labute approximate surface area is 112 Å². The van der Waals surface area contributed by atoms with Crippen molar-refractivity contribution in [2.24, 2.45) is 5.41 Å². The van der Waals surface area contributed by atoms with Gasteiger partial charge in [-0.25, -0.2) is 13.4 Å². The van der Waals surface area contributed by atoms with Crippen LogP contribution in [0.1, 0.15) is 37.1 Å². The molecule has 1 aliphatic heterocycles. The third-order valence-electron chi connectivity index (χ3n) is 4.13. The van der Waals surface area contributed by atoms with Crippen LogP contribution >= 0.6 is 11.3 Å². The Balaban J connectivity index is 1.74. The van der Waals surface area contributed by atoms with Crippen molar-refractivity contribution in [2.75, 3.05) is 13.1 Å². The maximum Gasteiger partial charge on any atom is 0.254 e. The molecule has 3 rings (SSSR count). The van der Waals surface area contributed by atoms with Gasteiger partial charge in [0.25, 0.3) is 10.0 Å². The van der Waals surface area contributed by atoms with Crippen LogP contribution in [0.2, 0.25) is 0 Å². The van der Waals surface area contributed by atoms with Gasteiger partial charge >= 0.3 is 0 Å². The van der Waals surface area contributed by atoms with E-state index in [0.717, 1.165) is 5.01 Å². The average molecular weight is 286 g/mol. The van der Waals surface area contributed by atoms with Crippen molar-refractivity contribution in [1.82, 2.24) is 9.29 Å². The molecule has 1 saturated heterocycles. The molecule has 0 atom stereocenters. The molecule has 0 aromatic carbocycles. The molecular formula is C12H18N2O2S2. The van der Waals surface area contributed by atoms with Gasteiger partial charge in [0.2, 0.25) is 0 Å². The van der Waals surface area contributed by atoms with Gasteiger partial charge in [0.15, 0.2) is 4.21 Å². The number of aryl methyl sites for hydroxylation is 1. The highest BCUT2D eigenvalue weighted by Gasteiger charge is 2.48. The van der Waals surface area contributed by atoms with Crippen molar-refractivity contribution in [3.05, 3.63) is 11.2 Å². The summed E-state index contributed by atoms with van der Waals surface area (Å²) in [5, 5.41) is 0.807. The van der Waals surface area contributed by atoms with Gasteiger partial charge in [-0.3, -0.25) is 0 Å². The van der Waals surface area contributed by atoms with Crippen LogP contribution in [0.15, 0.2) is 10.4 Å². The fraction of sp³-hybridized carbons (Fsp3) is 0.750. The molecule has 4 nitrogen and oxygen atoms in total. The molecule has 2 fully saturated rings. The molecule has 0 bridgehead atoms. The van der Waals surface area contributed by atoms with Gasteiger partial charge in [-0.05, 0) is 25.2 Å². The van der Waals surface area contributed by atoms with E-state index in [4.69, 9.17) is 0 Å². The summed E-state index contributed by atoms with van der Waals surface area (Å²) in [6, 6.07) is 0. The molecule has 18 heavy (non-hydrogen) atoms. The van der Waals surface area contributed by atoms with Crippen LogP contribution in [0.4, 0.5) is 0 Å². The monoisotopic (exact) mass is 286 g/mol. The minimum Gasteiger partial charge on any atom is -0.249 e. The van der Waals surface area contributed by atoms with Crippen molar-refractivity contribution in [3.63, 3.8) is 0 Å². The minimum absolute atomic E-state index is 0.297. The molecule has 1 aromatic rings. The molecule has 0 amide bonds. The summed E-state index contributed by atoms with van der Waals surface area (Å²) in [6.07, 6.45) is 7.70. The van der Waals surface area contributed by atoms with Crippen LogP contribution in [0.5, 0.6) is 0 Å². The molecular weight excluding hydrogens is 268 g/mol. The smallest absolute Gasteiger partial charge is 0.249 e. The molecule has 1 aliphatic carbocycles. The number of aromatic nitrogens is 1. The fourth-order valence-electron chi connectivity index (χ4n) is 3.08. The number of nitrogens with zero attached hydrogens (tertiary/aromatic N) is 2. The van der Waals surface area contributed by atoms with Gasteiger partial charge in [0.05, 0.1) is 11.2 Å². The summed E-state index contributed by atoms with van der Waals surface area (Å²) in [6.45, 7) is 3.26. The van der Waals surface area contributed by atoms with Gasteiger partial charge < -0.3 is 0 Å². The van der Waals surface area contributed by atoms with Crippen LogP contribution in [-0.2, 0) is 10.0 Å². The summed E-state index contributed by atoms with van der Waals surface area (Å²) < 4.78 is 26.7. The molecule has 2 aliphatic rings. The lowest BCUT2D eigenvalue weighted by atomic mass is 9.70. The SMILES string of the molecule is Cc1ncc(S(=O)(=O)N2CC3(CCCCC3)C2)s1. The molecule has 6 heteroatoms. The molecule has 1 saturated carbocycles. The Morgan fingerprint density at radius 2 is 1.94 bits per heavy atom. The Bertz CT molecular complexity index is 536. The van der Waals surface area contributed by atoms with E-state index >= 15 is 0 Å². The second-order valence-corrected chi connectivity index (χ2v) is 8.93. The summed E-state index contributed by atoms with van der Waals surface area (Å²) >= 11 is 1.27. The highest BCUT2D eigenvalue weighted by atomic mass is 32.2. The van der Waals surface area contributed by atoms with E-state index in [1.54, 1.807) is 4.31 Å². The number of hydrogen-bond acceptors (Lipinski definition) is 4. The molecule has 1 spiro atoms. The molecule has 0 unspecified atom stereocenters. The van der Waals surface area contributed by atoms with E-state index in [0.29, 0.717) is 22.7 Å². The standard InChI is InChI=1S/C12H18N2O2S2/c1-10-13-7-11(17-10)18(15,16)14-8-12(9-14)5-3-2-4-6-12/h7H,2-6,8-9H2,1H3. The fourth-order valence-corrected chi connectivity index (χ4v) is 6.01. The first kappa shape index (κ1) is 12.6. The van der Waals surface area contributed by atoms with Crippen LogP contribution in [-0.4, -0.2) is 30.8 Å². The lowest BCUT2D eigenvalue weighted by Crippen LogP contribution is -2.58. The van der Waals surface area contributed by atoms with E-state index in [9.17, 15) is 8.42 Å². The molecule has 0 radical (unpaired) electrons. The van der Waals surface area contributed by atoms with Crippen molar-refractivity contribution in [2.45, 2.75) is 43.2 Å². The van der Waals surface area contributed by atoms with Crippen molar-refractivity contribution in [3.8, 4) is 0 Å². The zero-order valence-corrected chi connectivity index (χ0v) is 12.2. The van der Waals surface area contributed by atoms with Gasteiger partial charge in [-0.15, -0.1) is 11.3 Å². The third-order valence-corrected chi connectivity index (χ3v) is 7.27. The first-order valence-corrected chi connectivity index (χ1v) is 8.70. The second kappa shape index (κ2) is 4.28. The van der Waals surface area contributed by atoms with Crippen LogP contribution < -0.4 is 0 Å². The van der Waals surface area contributed by atoms with Crippen LogP contribution in [0.25, 0.3) is 0 Å². The first-order chi connectivity index (χ1) is 8.52. The van der Waals surface area contributed by atoms with Gasteiger partial charge in [-0.1, -0.05) is 19.3 Å². The topological polar surface area (TPSA) is 50.3 Å². The predicted octanol–water partition coefficient (Wildman–Crippen LogP) is 2.41. The van der Waals surface area contributed by atoms with Crippen molar-refractivity contribution >= 4 is 21.4 Å². The van der Waals surface area contributed by atoms with E-state index < -0.39 is 10.0 Å². The predicted molar refractivity (Wildman–Crippen MR) is 71.1 cm³/mol. The number of hydrogen-bond donors (Lipinski definition) is 0. The Morgan fingerprint density at radius 3 is 2.50 bits per heavy atom. The summed E-state index contributed by atoms with van der Waals surface area (Å²) in [7, 11) is -3.27. The highest BCUT2D eigenvalue weighted by molar-refractivity contribution is 7.91. The minimum atomic E-state index is -3.27. The first-order valence-electron chi connectivity index (χ1n) is 6.45. The maximum atomic E-state index is 12.4. The largest absolute Gasteiger partial charge is 0.254 e. The lowest BCUT2D eigenvalue weighted by molar-refractivity contribution is 0.0307. The molecule has 0 N–H and O–H groups in total. The van der Waals surface area contributed by atoms with E-state index in [-0.39, 0.29) is 0 Å². The number of rotatable bonds is 2. The summed E-state index contributed by atoms with van der Waals surface area (Å²) in [5.74, 6) is 0. The number of sulfonamides is 1. The summed E-state index contributed by atoms with van der Waals surface area (Å²) in [5.41, 5.74) is 0.297. The number of thiazole rings is 1. The van der Waals surface area contributed by atoms with E-state index in [1.165, 1.54) is 49.6 Å². The third kappa shape index (κ3) is 2.00. The molecule has 2 heterocycles.